The maximum absolute atomic E-state index is 11.9. The molecule has 0 aromatic heterocycles. The Labute approximate surface area is 103 Å². The van der Waals surface area contributed by atoms with E-state index in [0.717, 1.165) is 25.1 Å². The Hall–Kier alpha value is -1.51. The standard InChI is InChI=1S/C14H20N2O/c1-15(13-8-4-2-5-9-13)12-16-11-7-3-6-10-14(16)17/h2,4-5,8-9H,3,6-7,10-12H2,1H3. The molecule has 92 valence electrons. The first-order chi connectivity index (χ1) is 8.27. The lowest BCUT2D eigenvalue weighted by Gasteiger charge is -2.28. The Morgan fingerprint density at radius 3 is 2.71 bits per heavy atom. The van der Waals surface area contributed by atoms with Gasteiger partial charge in [0, 0.05) is 25.7 Å². The first-order valence-electron chi connectivity index (χ1n) is 6.31. The molecule has 1 heterocycles. The number of para-hydroxylation sites is 1. The fourth-order valence-electron chi connectivity index (χ4n) is 2.21. The highest BCUT2D eigenvalue weighted by Gasteiger charge is 2.17. The van der Waals surface area contributed by atoms with Gasteiger partial charge in [0.15, 0.2) is 0 Å². The number of rotatable bonds is 3. The SMILES string of the molecule is CN(CN1CCCCCC1=O)c1ccccc1. The Balaban J connectivity index is 1.97. The maximum Gasteiger partial charge on any atom is 0.223 e. The zero-order chi connectivity index (χ0) is 12.1. The van der Waals surface area contributed by atoms with E-state index in [1.165, 1.54) is 6.42 Å². The summed E-state index contributed by atoms with van der Waals surface area (Å²) in [5.41, 5.74) is 1.16. The quantitative estimate of drug-likeness (QED) is 0.799. The van der Waals surface area contributed by atoms with E-state index in [-0.39, 0.29) is 0 Å². The molecular formula is C14H20N2O. The van der Waals surface area contributed by atoms with Gasteiger partial charge in [0.2, 0.25) is 5.91 Å². The van der Waals surface area contributed by atoms with Crippen LogP contribution in [0.3, 0.4) is 0 Å². The topological polar surface area (TPSA) is 23.6 Å². The fourth-order valence-corrected chi connectivity index (χ4v) is 2.21. The van der Waals surface area contributed by atoms with Gasteiger partial charge in [0.1, 0.15) is 0 Å². The molecule has 0 N–H and O–H groups in total. The molecule has 1 aromatic rings. The number of amides is 1. The van der Waals surface area contributed by atoms with Crippen molar-refractivity contribution in [2.24, 2.45) is 0 Å². The van der Waals surface area contributed by atoms with Crippen LogP contribution in [0.4, 0.5) is 5.69 Å². The zero-order valence-electron chi connectivity index (χ0n) is 10.4. The van der Waals surface area contributed by atoms with Crippen molar-refractivity contribution in [1.29, 1.82) is 0 Å². The van der Waals surface area contributed by atoms with E-state index in [4.69, 9.17) is 0 Å². The Kier molecular flexibility index (Phi) is 4.02. The van der Waals surface area contributed by atoms with Crippen molar-refractivity contribution in [3.8, 4) is 0 Å². The number of benzene rings is 1. The third kappa shape index (κ3) is 3.22. The monoisotopic (exact) mass is 232 g/mol. The highest BCUT2D eigenvalue weighted by atomic mass is 16.2. The van der Waals surface area contributed by atoms with Crippen LogP contribution in [0.5, 0.6) is 0 Å². The molecule has 0 aliphatic carbocycles. The molecule has 1 aliphatic heterocycles. The number of carbonyl (C=O) groups is 1. The number of hydrogen-bond acceptors (Lipinski definition) is 2. The summed E-state index contributed by atoms with van der Waals surface area (Å²) in [6, 6.07) is 10.2. The second-order valence-corrected chi connectivity index (χ2v) is 4.64. The van der Waals surface area contributed by atoms with Gasteiger partial charge in [0.25, 0.3) is 0 Å². The van der Waals surface area contributed by atoms with Crippen molar-refractivity contribution >= 4 is 11.6 Å². The molecule has 0 unspecified atom stereocenters. The minimum atomic E-state index is 0.297. The molecule has 0 saturated carbocycles. The number of nitrogens with zero attached hydrogens (tertiary/aromatic N) is 2. The molecule has 17 heavy (non-hydrogen) atoms. The van der Waals surface area contributed by atoms with Crippen LogP contribution in [-0.2, 0) is 4.79 Å². The Morgan fingerprint density at radius 2 is 1.94 bits per heavy atom. The molecular weight excluding hydrogens is 212 g/mol. The van der Waals surface area contributed by atoms with E-state index >= 15 is 0 Å². The Morgan fingerprint density at radius 1 is 1.18 bits per heavy atom. The molecule has 0 atom stereocenters. The summed E-state index contributed by atoms with van der Waals surface area (Å²) >= 11 is 0. The van der Waals surface area contributed by atoms with Crippen molar-refractivity contribution in [2.45, 2.75) is 25.7 Å². The van der Waals surface area contributed by atoms with E-state index in [2.05, 4.69) is 17.0 Å². The molecule has 2 rings (SSSR count). The van der Waals surface area contributed by atoms with Gasteiger partial charge in [0.05, 0.1) is 6.67 Å². The normalized spacial score (nSPS) is 16.8. The summed E-state index contributed by atoms with van der Waals surface area (Å²) in [6.07, 6.45) is 4.07. The number of anilines is 1. The van der Waals surface area contributed by atoms with E-state index in [9.17, 15) is 4.79 Å². The van der Waals surface area contributed by atoms with E-state index in [0.29, 0.717) is 19.0 Å². The van der Waals surface area contributed by atoms with Gasteiger partial charge in [-0.15, -0.1) is 0 Å². The van der Waals surface area contributed by atoms with Crippen molar-refractivity contribution in [3.05, 3.63) is 30.3 Å². The molecule has 1 fully saturated rings. The van der Waals surface area contributed by atoms with Gasteiger partial charge in [-0.2, -0.15) is 0 Å². The highest BCUT2D eigenvalue weighted by molar-refractivity contribution is 5.76. The van der Waals surface area contributed by atoms with Crippen LogP contribution in [0.2, 0.25) is 0 Å². The lowest BCUT2D eigenvalue weighted by molar-refractivity contribution is -0.130. The molecule has 3 heteroatoms. The average molecular weight is 232 g/mol. The molecule has 0 radical (unpaired) electrons. The number of likely N-dealkylation sites (tertiary alicyclic amines) is 1. The molecule has 1 amide bonds. The molecule has 0 bridgehead atoms. The van der Waals surface area contributed by atoms with Crippen LogP contribution in [0.25, 0.3) is 0 Å². The van der Waals surface area contributed by atoms with Gasteiger partial charge >= 0.3 is 0 Å². The van der Waals surface area contributed by atoms with Gasteiger partial charge in [-0.05, 0) is 25.0 Å². The first-order valence-corrected chi connectivity index (χ1v) is 6.31. The maximum atomic E-state index is 11.9. The lowest BCUT2D eigenvalue weighted by Crippen LogP contribution is -2.39. The second-order valence-electron chi connectivity index (χ2n) is 4.64. The minimum Gasteiger partial charge on any atom is -0.357 e. The van der Waals surface area contributed by atoms with Crippen LogP contribution in [-0.4, -0.2) is 31.1 Å². The van der Waals surface area contributed by atoms with Crippen LogP contribution < -0.4 is 4.90 Å². The van der Waals surface area contributed by atoms with Gasteiger partial charge < -0.3 is 9.80 Å². The summed E-state index contributed by atoms with van der Waals surface area (Å²) in [6.45, 7) is 1.60. The largest absolute Gasteiger partial charge is 0.357 e. The van der Waals surface area contributed by atoms with E-state index in [1.807, 2.05) is 30.1 Å². The van der Waals surface area contributed by atoms with Gasteiger partial charge in [-0.3, -0.25) is 4.79 Å². The van der Waals surface area contributed by atoms with Crippen molar-refractivity contribution in [2.75, 3.05) is 25.2 Å². The smallest absolute Gasteiger partial charge is 0.223 e. The number of hydrogen-bond donors (Lipinski definition) is 0. The molecule has 1 aliphatic rings. The zero-order valence-corrected chi connectivity index (χ0v) is 10.4. The lowest BCUT2D eigenvalue weighted by atomic mass is 10.2. The van der Waals surface area contributed by atoms with Crippen molar-refractivity contribution in [1.82, 2.24) is 4.90 Å². The summed E-state index contributed by atoms with van der Waals surface area (Å²) in [5, 5.41) is 0. The summed E-state index contributed by atoms with van der Waals surface area (Å²) in [7, 11) is 2.04. The predicted octanol–water partition coefficient (Wildman–Crippen LogP) is 2.48. The fraction of sp³-hybridized carbons (Fsp3) is 0.500. The predicted molar refractivity (Wildman–Crippen MR) is 69.9 cm³/mol. The summed E-state index contributed by atoms with van der Waals surface area (Å²) in [5.74, 6) is 0.297. The van der Waals surface area contributed by atoms with Crippen LogP contribution >= 0.6 is 0 Å². The van der Waals surface area contributed by atoms with Crippen molar-refractivity contribution in [3.63, 3.8) is 0 Å². The van der Waals surface area contributed by atoms with Crippen LogP contribution in [0, 0.1) is 0 Å². The van der Waals surface area contributed by atoms with Gasteiger partial charge in [-0.1, -0.05) is 24.6 Å². The molecule has 3 nitrogen and oxygen atoms in total. The van der Waals surface area contributed by atoms with E-state index < -0.39 is 0 Å². The third-order valence-electron chi connectivity index (χ3n) is 3.25. The number of carbonyl (C=O) groups excluding carboxylic acids is 1. The first kappa shape index (κ1) is 12.0. The van der Waals surface area contributed by atoms with Crippen LogP contribution in [0.1, 0.15) is 25.7 Å². The van der Waals surface area contributed by atoms with Crippen LogP contribution in [0.15, 0.2) is 30.3 Å². The minimum absolute atomic E-state index is 0.297. The summed E-state index contributed by atoms with van der Waals surface area (Å²) in [4.78, 5) is 16.0. The van der Waals surface area contributed by atoms with E-state index in [1.54, 1.807) is 0 Å². The molecule has 1 aromatic carbocycles. The summed E-state index contributed by atoms with van der Waals surface area (Å²) < 4.78 is 0. The second kappa shape index (κ2) is 5.71. The average Bonchev–Trinajstić information content (AvgIpc) is 2.56. The highest BCUT2D eigenvalue weighted by Crippen LogP contribution is 2.15. The molecule has 1 saturated heterocycles. The van der Waals surface area contributed by atoms with Crippen molar-refractivity contribution < 1.29 is 4.79 Å². The van der Waals surface area contributed by atoms with Gasteiger partial charge in [-0.25, -0.2) is 0 Å². The Bertz CT molecular complexity index is 364. The molecule has 0 spiro atoms. The third-order valence-corrected chi connectivity index (χ3v) is 3.25.